The van der Waals surface area contributed by atoms with Crippen LogP contribution < -0.4 is 10.6 Å². The normalized spacial score (nSPS) is 16.9. The third-order valence-corrected chi connectivity index (χ3v) is 4.66. The monoisotopic (exact) mass is 342 g/mol. The van der Waals surface area contributed by atoms with Gasteiger partial charge in [-0.1, -0.05) is 24.2 Å². The summed E-state index contributed by atoms with van der Waals surface area (Å²) in [7, 11) is 0. The zero-order valence-electron chi connectivity index (χ0n) is 14.8. The smallest absolute Gasteiger partial charge is 0.257 e. The molecular weight excluding hydrogens is 316 g/mol. The van der Waals surface area contributed by atoms with Gasteiger partial charge >= 0.3 is 0 Å². The Morgan fingerprint density at radius 3 is 2.88 bits per heavy atom. The quantitative estimate of drug-likeness (QED) is 0.770. The highest BCUT2D eigenvalue weighted by molar-refractivity contribution is 5.75. The molecule has 2 N–H and O–H groups in total. The highest BCUT2D eigenvalue weighted by Crippen LogP contribution is 2.18. The Morgan fingerprint density at radius 2 is 2.20 bits per heavy atom. The van der Waals surface area contributed by atoms with Crippen LogP contribution in [0.2, 0.25) is 0 Å². The topological polar surface area (TPSA) is 80.0 Å². The second-order valence-corrected chi connectivity index (χ2v) is 6.56. The first-order valence-corrected chi connectivity index (χ1v) is 9.14. The molecule has 0 spiro atoms. The number of benzene rings is 1. The average molecular weight is 342 g/mol. The largest absolute Gasteiger partial charge is 0.356 e. The van der Waals surface area contributed by atoms with Gasteiger partial charge in [-0.25, -0.2) is 0 Å². The number of nitrogens with zero attached hydrogens (tertiary/aromatic N) is 2. The lowest BCUT2D eigenvalue weighted by molar-refractivity contribution is -0.121. The summed E-state index contributed by atoms with van der Waals surface area (Å²) in [6, 6.07) is 8.05. The van der Waals surface area contributed by atoms with Gasteiger partial charge < -0.3 is 15.2 Å². The van der Waals surface area contributed by atoms with Crippen molar-refractivity contribution >= 4 is 5.91 Å². The van der Waals surface area contributed by atoms with E-state index in [1.807, 2.05) is 31.2 Å². The van der Waals surface area contributed by atoms with Crippen molar-refractivity contribution in [1.82, 2.24) is 20.8 Å². The van der Waals surface area contributed by atoms with Crippen LogP contribution in [0.15, 0.2) is 28.8 Å². The molecule has 0 radical (unpaired) electrons. The molecule has 6 heteroatoms. The molecule has 2 heterocycles. The number of amides is 1. The Kier molecular flexibility index (Phi) is 6.17. The summed E-state index contributed by atoms with van der Waals surface area (Å²) in [6.45, 7) is 4.81. The fraction of sp³-hybridized carbons (Fsp3) is 0.526. The van der Waals surface area contributed by atoms with E-state index >= 15 is 0 Å². The van der Waals surface area contributed by atoms with Gasteiger partial charge in [0.2, 0.25) is 5.91 Å². The van der Waals surface area contributed by atoms with E-state index in [1.165, 1.54) is 12.0 Å². The summed E-state index contributed by atoms with van der Waals surface area (Å²) in [5, 5.41) is 10.3. The van der Waals surface area contributed by atoms with E-state index in [-0.39, 0.29) is 5.91 Å². The summed E-state index contributed by atoms with van der Waals surface area (Å²) >= 11 is 0. The minimum atomic E-state index is 0.154. The maximum Gasteiger partial charge on any atom is 0.257 e. The van der Waals surface area contributed by atoms with Crippen molar-refractivity contribution in [2.45, 2.75) is 39.0 Å². The number of nitrogens with one attached hydrogen (secondary N) is 2. The van der Waals surface area contributed by atoms with E-state index in [0.717, 1.165) is 43.7 Å². The summed E-state index contributed by atoms with van der Waals surface area (Å²) in [5.41, 5.74) is 2.10. The fourth-order valence-corrected chi connectivity index (χ4v) is 3.06. The van der Waals surface area contributed by atoms with E-state index in [1.54, 1.807) is 0 Å². The SMILES string of the molecule is CCc1noc(-c2ccc(CCNC(=O)CCC3CCNC3)cc2)n1. The summed E-state index contributed by atoms with van der Waals surface area (Å²) in [4.78, 5) is 16.2. The van der Waals surface area contributed by atoms with Gasteiger partial charge in [0, 0.05) is 24.9 Å². The Balaban J connectivity index is 1.40. The lowest BCUT2D eigenvalue weighted by atomic mass is 10.0. The van der Waals surface area contributed by atoms with Crippen LogP contribution in [0.3, 0.4) is 0 Å². The molecule has 1 amide bonds. The molecule has 1 aliphatic rings. The molecule has 0 aliphatic carbocycles. The van der Waals surface area contributed by atoms with Crippen LogP contribution in [0, 0.1) is 5.92 Å². The van der Waals surface area contributed by atoms with Gasteiger partial charge in [-0.05, 0) is 56.0 Å². The second-order valence-electron chi connectivity index (χ2n) is 6.56. The minimum absolute atomic E-state index is 0.154. The van der Waals surface area contributed by atoms with E-state index < -0.39 is 0 Å². The third-order valence-electron chi connectivity index (χ3n) is 4.66. The van der Waals surface area contributed by atoms with E-state index in [2.05, 4.69) is 20.8 Å². The van der Waals surface area contributed by atoms with Crippen LogP contribution in [-0.4, -0.2) is 35.7 Å². The molecule has 2 aromatic rings. The number of rotatable bonds is 8. The van der Waals surface area contributed by atoms with Gasteiger partial charge in [0.15, 0.2) is 5.82 Å². The average Bonchev–Trinajstić information content (AvgIpc) is 3.32. The molecule has 25 heavy (non-hydrogen) atoms. The number of aryl methyl sites for hydroxylation is 1. The first-order chi connectivity index (χ1) is 12.2. The fourth-order valence-electron chi connectivity index (χ4n) is 3.06. The standard InChI is InChI=1S/C19H26N4O2/c1-2-17-22-19(25-23-17)16-6-3-14(4-7-16)10-12-21-18(24)8-5-15-9-11-20-13-15/h3-4,6-7,15,20H,2,5,8-13H2,1H3,(H,21,24). The number of carbonyl (C=O) groups excluding carboxylic acids is 1. The zero-order chi connectivity index (χ0) is 17.5. The maximum absolute atomic E-state index is 11.9. The molecule has 0 saturated carbocycles. The lowest BCUT2D eigenvalue weighted by Gasteiger charge is -2.09. The van der Waals surface area contributed by atoms with Gasteiger partial charge in [-0.15, -0.1) is 0 Å². The lowest BCUT2D eigenvalue weighted by Crippen LogP contribution is -2.26. The van der Waals surface area contributed by atoms with E-state index in [4.69, 9.17) is 4.52 Å². The molecule has 1 aliphatic heterocycles. The molecule has 1 saturated heterocycles. The first-order valence-electron chi connectivity index (χ1n) is 9.14. The van der Waals surface area contributed by atoms with Gasteiger partial charge in [0.05, 0.1) is 0 Å². The number of carbonyl (C=O) groups is 1. The van der Waals surface area contributed by atoms with Crippen LogP contribution in [0.1, 0.15) is 37.6 Å². The van der Waals surface area contributed by atoms with Crippen molar-refractivity contribution in [1.29, 1.82) is 0 Å². The summed E-state index contributed by atoms with van der Waals surface area (Å²) in [6.07, 6.45) is 4.39. The summed E-state index contributed by atoms with van der Waals surface area (Å²) < 4.78 is 5.24. The second kappa shape index (κ2) is 8.76. The van der Waals surface area contributed by atoms with Crippen LogP contribution in [0.25, 0.3) is 11.5 Å². The van der Waals surface area contributed by atoms with Gasteiger partial charge in [0.1, 0.15) is 0 Å². The van der Waals surface area contributed by atoms with Crippen molar-refractivity contribution in [3.8, 4) is 11.5 Å². The van der Waals surface area contributed by atoms with Crippen molar-refractivity contribution < 1.29 is 9.32 Å². The van der Waals surface area contributed by atoms with E-state index in [9.17, 15) is 4.79 Å². The highest BCUT2D eigenvalue weighted by atomic mass is 16.5. The Hall–Kier alpha value is -2.21. The van der Waals surface area contributed by atoms with Crippen molar-refractivity contribution in [2.24, 2.45) is 5.92 Å². The molecule has 1 fully saturated rings. The van der Waals surface area contributed by atoms with E-state index in [0.29, 0.717) is 24.8 Å². The Morgan fingerprint density at radius 1 is 1.36 bits per heavy atom. The third kappa shape index (κ3) is 5.13. The Labute approximate surface area is 148 Å². The van der Waals surface area contributed by atoms with Gasteiger partial charge in [-0.2, -0.15) is 4.98 Å². The molecule has 3 rings (SSSR count). The van der Waals surface area contributed by atoms with Crippen LogP contribution in [-0.2, 0) is 17.6 Å². The predicted octanol–water partition coefficient (Wildman–Crippen LogP) is 2.35. The minimum Gasteiger partial charge on any atom is -0.356 e. The molecule has 1 atom stereocenters. The first kappa shape index (κ1) is 17.6. The molecular formula is C19H26N4O2. The number of hydrogen-bond donors (Lipinski definition) is 2. The van der Waals surface area contributed by atoms with Gasteiger partial charge in [-0.3, -0.25) is 4.79 Å². The van der Waals surface area contributed by atoms with Crippen molar-refractivity contribution in [2.75, 3.05) is 19.6 Å². The maximum atomic E-state index is 11.9. The van der Waals surface area contributed by atoms with Crippen LogP contribution in [0.4, 0.5) is 0 Å². The zero-order valence-corrected chi connectivity index (χ0v) is 14.8. The van der Waals surface area contributed by atoms with Crippen LogP contribution >= 0.6 is 0 Å². The van der Waals surface area contributed by atoms with Crippen molar-refractivity contribution in [3.63, 3.8) is 0 Å². The Bertz CT molecular complexity index is 675. The molecule has 1 unspecified atom stereocenters. The molecule has 1 aromatic heterocycles. The molecule has 0 bridgehead atoms. The predicted molar refractivity (Wildman–Crippen MR) is 96.0 cm³/mol. The van der Waals surface area contributed by atoms with Crippen LogP contribution in [0.5, 0.6) is 0 Å². The summed E-state index contributed by atoms with van der Waals surface area (Å²) in [5.74, 6) is 2.09. The van der Waals surface area contributed by atoms with Crippen molar-refractivity contribution in [3.05, 3.63) is 35.7 Å². The number of hydrogen-bond acceptors (Lipinski definition) is 5. The number of aromatic nitrogens is 2. The molecule has 6 nitrogen and oxygen atoms in total. The molecule has 1 aromatic carbocycles. The highest BCUT2D eigenvalue weighted by Gasteiger charge is 2.15. The van der Waals surface area contributed by atoms with Gasteiger partial charge in [0.25, 0.3) is 5.89 Å². The molecule has 134 valence electrons.